The first-order valence-electron chi connectivity index (χ1n) is 12.3. The second kappa shape index (κ2) is 8.74. The van der Waals surface area contributed by atoms with Crippen LogP contribution in [0.2, 0.25) is 0 Å². The van der Waals surface area contributed by atoms with E-state index in [-0.39, 0.29) is 12.1 Å². The average Bonchev–Trinajstić information content (AvgIpc) is 3.49. The summed E-state index contributed by atoms with van der Waals surface area (Å²) in [5.74, 6) is 0.333. The number of pyridine rings is 1. The van der Waals surface area contributed by atoms with Gasteiger partial charge in [-0.3, -0.25) is 9.36 Å². The third-order valence-corrected chi connectivity index (χ3v) is 7.74. The third-order valence-electron chi connectivity index (χ3n) is 6.89. The number of nitrogen functional groups attached to an aromatic ring is 2. The van der Waals surface area contributed by atoms with Gasteiger partial charge in [0.1, 0.15) is 17.8 Å². The average molecular weight is 531 g/mol. The van der Waals surface area contributed by atoms with Crippen molar-refractivity contribution in [1.29, 1.82) is 0 Å². The van der Waals surface area contributed by atoms with E-state index >= 15 is 0 Å². The van der Waals surface area contributed by atoms with E-state index in [2.05, 4.69) is 15.0 Å². The van der Waals surface area contributed by atoms with E-state index in [1.165, 1.54) is 17.7 Å². The Balaban J connectivity index is 1.46. The summed E-state index contributed by atoms with van der Waals surface area (Å²) in [5, 5.41) is 7.69. The third kappa shape index (κ3) is 3.72. The predicted octanol–water partition coefficient (Wildman–Crippen LogP) is 4.93. The van der Waals surface area contributed by atoms with Gasteiger partial charge in [0.05, 0.1) is 27.5 Å². The van der Waals surface area contributed by atoms with Gasteiger partial charge in [-0.15, -0.1) is 0 Å². The van der Waals surface area contributed by atoms with Crippen LogP contribution in [-0.2, 0) is 6.54 Å². The molecule has 39 heavy (non-hydrogen) atoms. The number of fused-ring (bicyclic) bond motifs is 3. The molecule has 0 unspecified atom stereocenters. The van der Waals surface area contributed by atoms with Crippen molar-refractivity contribution in [1.82, 2.24) is 29.3 Å². The van der Waals surface area contributed by atoms with Gasteiger partial charge in [-0.25, -0.2) is 19.6 Å². The molecule has 9 nitrogen and oxygen atoms in total. The maximum atomic E-state index is 13.9. The monoisotopic (exact) mass is 530 g/mol. The number of aryl methyl sites for hydroxylation is 1. The number of anilines is 2. The van der Waals surface area contributed by atoms with Gasteiger partial charge >= 0.3 is 0 Å². The molecular weight excluding hydrogens is 508 g/mol. The lowest BCUT2D eigenvalue weighted by Gasteiger charge is -2.16. The molecule has 0 aliphatic rings. The number of para-hydroxylation sites is 1. The summed E-state index contributed by atoms with van der Waals surface area (Å²) in [6.07, 6.45) is 1.43. The molecule has 0 bridgehead atoms. The van der Waals surface area contributed by atoms with Gasteiger partial charge in [-0.1, -0.05) is 53.8 Å². The highest BCUT2D eigenvalue weighted by molar-refractivity contribution is 7.22. The fraction of sp³-hybridized carbons (Fsp3) is 0.0690. The molecule has 4 N–H and O–H groups in total. The smallest absolute Gasteiger partial charge is 0.263 e. The van der Waals surface area contributed by atoms with Crippen LogP contribution in [0.4, 0.5) is 10.9 Å². The van der Waals surface area contributed by atoms with Crippen LogP contribution in [0.5, 0.6) is 0 Å². The van der Waals surface area contributed by atoms with Gasteiger partial charge in [0.2, 0.25) is 0 Å². The number of hydrogen-bond donors (Lipinski definition) is 2. The van der Waals surface area contributed by atoms with Crippen molar-refractivity contribution >= 4 is 54.3 Å². The van der Waals surface area contributed by atoms with Gasteiger partial charge < -0.3 is 11.5 Å². The molecule has 3 aromatic carbocycles. The molecule has 0 saturated carbocycles. The maximum Gasteiger partial charge on any atom is 0.263 e. The summed E-state index contributed by atoms with van der Waals surface area (Å²) in [6.45, 7) is 2.25. The van der Waals surface area contributed by atoms with Gasteiger partial charge in [0, 0.05) is 16.9 Å². The van der Waals surface area contributed by atoms with Gasteiger partial charge in [-0.2, -0.15) is 5.10 Å². The highest BCUT2D eigenvalue weighted by atomic mass is 32.1. The Labute approximate surface area is 226 Å². The summed E-state index contributed by atoms with van der Waals surface area (Å²) >= 11 is 1.41. The van der Waals surface area contributed by atoms with Crippen LogP contribution in [0.25, 0.3) is 49.0 Å². The largest absolute Gasteiger partial charge is 0.383 e. The van der Waals surface area contributed by atoms with E-state index < -0.39 is 0 Å². The Hall–Kier alpha value is -5.09. The number of nitrogens with zero attached hydrogens (tertiary/aromatic N) is 6. The normalized spacial score (nSPS) is 11.6. The number of aromatic nitrogens is 6. The topological polar surface area (TPSA) is 131 Å². The number of thiazole rings is 1. The molecule has 0 fully saturated rings. The van der Waals surface area contributed by atoms with Crippen LogP contribution >= 0.6 is 11.3 Å². The summed E-state index contributed by atoms with van der Waals surface area (Å²) in [4.78, 5) is 27.0. The fourth-order valence-corrected chi connectivity index (χ4v) is 5.93. The van der Waals surface area contributed by atoms with E-state index in [0.717, 1.165) is 38.1 Å². The zero-order valence-electron chi connectivity index (χ0n) is 20.9. The summed E-state index contributed by atoms with van der Waals surface area (Å²) in [6, 6.07) is 23.4. The van der Waals surface area contributed by atoms with Crippen molar-refractivity contribution in [3.8, 4) is 16.9 Å². The number of benzene rings is 3. The number of rotatable bonds is 4. The fourth-order valence-electron chi connectivity index (χ4n) is 5.15. The molecule has 0 radical (unpaired) electrons. The summed E-state index contributed by atoms with van der Waals surface area (Å²) in [7, 11) is 0. The van der Waals surface area contributed by atoms with E-state index in [4.69, 9.17) is 16.6 Å². The highest BCUT2D eigenvalue weighted by Gasteiger charge is 2.20. The minimum atomic E-state index is -0.0779. The van der Waals surface area contributed by atoms with Gasteiger partial charge in [-0.05, 0) is 48.2 Å². The van der Waals surface area contributed by atoms with Crippen LogP contribution in [0.15, 0.2) is 83.9 Å². The van der Waals surface area contributed by atoms with Gasteiger partial charge in [0.15, 0.2) is 10.8 Å². The molecule has 0 aliphatic carbocycles. The van der Waals surface area contributed by atoms with Crippen LogP contribution < -0.4 is 17.0 Å². The van der Waals surface area contributed by atoms with Crippen LogP contribution in [-0.4, -0.2) is 29.3 Å². The molecule has 0 atom stereocenters. The molecule has 4 heterocycles. The summed E-state index contributed by atoms with van der Waals surface area (Å²) in [5.41, 5.74) is 17.6. The number of nitrogens with two attached hydrogens (primary N) is 2. The van der Waals surface area contributed by atoms with Crippen molar-refractivity contribution in [3.05, 3.63) is 101 Å². The van der Waals surface area contributed by atoms with E-state index in [9.17, 15) is 4.79 Å². The Kier molecular flexibility index (Phi) is 5.17. The zero-order valence-corrected chi connectivity index (χ0v) is 21.7. The highest BCUT2D eigenvalue weighted by Crippen LogP contribution is 2.34. The van der Waals surface area contributed by atoms with Crippen LogP contribution in [0.3, 0.4) is 0 Å². The van der Waals surface area contributed by atoms with Gasteiger partial charge in [0.25, 0.3) is 5.56 Å². The second-order valence-electron chi connectivity index (χ2n) is 9.35. The molecule has 190 valence electrons. The standard InChI is InChI=1S/C29H22N8OS/c1-16-6-5-7-17-12-20(37(28(38)23(16)17)19-8-3-2-4-9-19)14-36-27-24(26(30)32-15-33-27)25(35-36)18-10-11-21-22(13-18)39-29(31)34-21/h2-13,15H,14H2,1H3,(H2,31,34)(H2,30,32,33). The lowest BCUT2D eigenvalue weighted by atomic mass is 10.1. The van der Waals surface area contributed by atoms with Crippen LogP contribution in [0.1, 0.15) is 11.3 Å². The lowest BCUT2D eigenvalue weighted by Crippen LogP contribution is -2.24. The molecule has 0 aliphatic heterocycles. The minimum Gasteiger partial charge on any atom is -0.383 e. The Bertz CT molecular complexity index is 2110. The molecule has 0 amide bonds. The Morgan fingerprint density at radius 1 is 0.923 bits per heavy atom. The maximum absolute atomic E-state index is 13.9. The van der Waals surface area contributed by atoms with Crippen molar-refractivity contribution < 1.29 is 0 Å². The first-order valence-corrected chi connectivity index (χ1v) is 13.1. The van der Waals surface area contributed by atoms with Crippen molar-refractivity contribution in [2.45, 2.75) is 13.5 Å². The summed E-state index contributed by atoms with van der Waals surface area (Å²) < 4.78 is 4.48. The molecule has 7 aromatic rings. The lowest BCUT2D eigenvalue weighted by molar-refractivity contribution is 0.672. The predicted molar refractivity (Wildman–Crippen MR) is 156 cm³/mol. The first kappa shape index (κ1) is 23.1. The van der Waals surface area contributed by atoms with Crippen molar-refractivity contribution in [3.63, 3.8) is 0 Å². The van der Waals surface area contributed by atoms with E-state index in [0.29, 0.717) is 33.1 Å². The Morgan fingerprint density at radius 3 is 2.62 bits per heavy atom. The van der Waals surface area contributed by atoms with E-state index in [1.807, 2.05) is 79.7 Å². The molecular formula is C29H22N8OS. The molecule has 4 aromatic heterocycles. The van der Waals surface area contributed by atoms with Crippen molar-refractivity contribution in [2.24, 2.45) is 0 Å². The van der Waals surface area contributed by atoms with Crippen molar-refractivity contribution in [2.75, 3.05) is 11.5 Å². The quantitative estimate of drug-likeness (QED) is 0.330. The zero-order chi connectivity index (χ0) is 26.7. The SMILES string of the molecule is Cc1cccc2cc(Cn3nc(-c4ccc5nc(N)sc5c4)c4c(N)ncnc43)n(-c3ccccc3)c(=O)c12. The molecule has 7 rings (SSSR count). The molecule has 10 heteroatoms. The molecule has 0 saturated heterocycles. The molecule has 0 spiro atoms. The second-order valence-corrected chi connectivity index (χ2v) is 10.4. The minimum absolute atomic E-state index is 0.0779. The van der Waals surface area contributed by atoms with E-state index in [1.54, 1.807) is 9.25 Å². The first-order chi connectivity index (χ1) is 19.0. The number of hydrogen-bond acceptors (Lipinski definition) is 8. The Morgan fingerprint density at radius 2 is 1.77 bits per heavy atom. The van der Waals surface area contributed by atoms with Crippen LogP contribution in [0, 0.1) is 6.92 Å².